The summed E-state index contributed by atoms with van der Waals surface area (Å²) in [6, 6.07) is 7.31. The van der Waals surface area contributed by atoms with Crippen LogP contribution in [0.15, 0.2) is 36.9 Å². The van der Waals surface area contributed by atoms with E-state index in [2.05, 4.69) is 6.58 Å². The number of ether oxygens (including phenoxy) is 1. The standard InChI is InChI=1S/C10H10Cl2O/c1-3-10(11,12)8-6-4-5-7-9(8)13-2/h3-7H,1H2,2H3. The zero-order chi connectivity index (χ0) is 9.90. The normalized spacial score (nSPS) is 11.0. The third kappa shape index (κ3) is 2.17. The van der Waals surface area contributed by atoms with Crippen LogP contribution >= 0.6 is 23.2 Å². The number of methoxy groups -OCH3 is 1. The molecule has 0 aliphatic heterocycles. The van der Waals surface area contributed by atoms with Crippen molar-refractivity contribution in [3.8, 4) is 5.75 Å². The fourth-order valence-electron chi connectivity index (χ4n) is 1.03. The first-order valence-electron chi connectivity index (χ1n) is 3.76. The van der Waals surface area contributed by atoms with E-state index in [0.717, 1.165) is 0 Å². The van der Waals surface area contributed by atoms with Gasteiger partial charge in [0, 0.05) is 5.56 Å². The first-order valence-corrected chi connectivity index (χ1v) is 4.52. The van der Waals surface area contributed by atoms with Crippen molar-refractivity contribution < 1.29 is 4.74 Å². The number of rotatable bonds is 3. The Labute approximate surface area is 87.9 Å². The first kappa shape index (κ1) is 10.4. The molecule has 1 rings (SSSR count). The molecule has 0 radical (unpaired) electrons. The Kier molecular flexibility index (Phi) is 3.23. The quantitative estimate of drug-likeness (QED) is 0.556. The van der Waals surface area contributed by atoms with E-state index in [1.54, 1.807) is 19.2 Å². The van der Waals surface area contributed by atoms with Gasteiger partial charge in [0.1, 0.15) is 5.75 Å². The maximum absolute atomic E-state index is 6.00. The summed E-state index contributed by atoms with van der Waals surface area (Å²) in [6.45, 7) is 3.56. The van der Waals surface area contributed by atoms with Crippen molar-refractivity contribution >= 4 is 23.2 Å². The van der Waals surface area contributed by atoms with Gasteiger partial charge in [-0.1, -0.05) is 54.1 Å². The van der Waals surface area contributed by atoms with Gasteiger partial charge in [-0.2, -0.15) is 0 Å². The molecule has 1 aromatic carbocycles. The molecule has 0 heterocycles. The number of hydrogen-bond acceptors (Lipinski definition) is 1. The summed E-state index contributed by atoms with van der Waals surface area (Å²) < 4.78 is 4.03. The van der Waals surface area contributed by atoms with Gasteiger partial charge in [-0.15, -0.1) is 0 Å². The van der Waals surface area contributed by atoms with Crippen LogP contribution in [0.2, 0.25) is 0 Å². The minimum atomic E-state index is -1.09. The zero-order valence-electron chi connectivity index (χ0n) is 7.26. The van der Waals surface area contributed by atoms with E-state index in [1.807, 2.05) is 12.1 Å². The van der Waals surface area contributed by atoms with Crippen molar-refractivity contribution in [1.82, 2.24) is 0 Å². The third-order valence-corrected chi connectivity index (χ3v) is 2.44. The molecule has 1 aromatic rings. The molecular formula is C10H10Cl2O. The average Bonchev–Trinajstić information content (AvgIpc) is 2.18. The number of alkyl halides is 2. The van der Waals surface area contributed by atoms with E-state index >= 15 is 0 Å². The Balaban J connectivity index is 3.20. The fourth-order valence-corrected chi connectivity index (χ4v) is 1.34. The van der Waals surface area contributed by atoms with Crippen LogP contribution in [0.1, 0.15) is 5.56 Å². The maximum atomic E-state index is 6.00. The molecule has 1 nitrogen and oxygen atoms in total. The number of para-hydroxylation sites is 1. The van der Waals surface area contributed by atoms with E-state index in [4.69, 9.17) is 27.9 Å². The first-order chi connectivity index (χ1) is 6.11. The summed E-state index contributed by atoms with van der Waals surface area (Å²) in [6.07, 6.45) is 1.47. The second-order valence-electron chi connectivity index (χ2n) is 2.53. The van der Waals surface area contributed by atoms with Crippen molar-refractivity contribution in [3.63, 3.8) is 0 Å². The molecule has 0 spiro atoms. The summed E-state index contributed by atoms with van der Waals surface area (Å²) in [7, 11) is 1.58. The predicted molar refractivity (Wildman–Crippen MR) is 56.6 cm³/mol. The van der Waals surface area contributed by atoms with Gasteiger partial charge in [-0.05, 0) is 6.07 Å². The lowest BCUT2D eigenvalue weighted by Gasteiger charge is -2.17. The van der Waals surface area contributed by atoms with Crippen LogP contribution in [0.4, 0.5) is 0 Å². The van der Waals surface area contributed by atoms with Crippen molar-refractivity contribution in [2.75, 3.05) is 7.11 Å². The van der Waals surface area contributed by atoms with Gasteiger partial charge < -0.3 is 4.74 Å². The second kappa shape index (κ2) is 4.03. The molecule has 0 atom stereocenters. The highest BCUT2D eigenvalue weighted by Crippen LogP contribution is 2.39. The molecule has 0 saturated carbocycles. The molecule has 0 bridgehead atoms. The Morgan fingerprint density at radius 3 is 2.54 bits per heavy atom. The van der Waals surface area contributed by atoms with E-state index < -0.39 is 4.33 Å². The molecule has 3 heteroatoms. The summed E-state index contributed by atoms with van der Waals surface area (Å²) >= 11 is 12.0. The molecule has 0 N–H and O–H groups in total. The Hall–Kier alpha value is -0.660. The van der Waals surface area contributed by atoms with Crippen LogP contribution < -0.4 is 4.74 Å². The van der Waals surface area contributed by atoms with Crippen LogP contribution in [-0.2, 0) is 4.33 Å². The summed E-state index contributed by atoms with van der Waals surface area (Å²) in [5.74, 6) is 0.660. The zero-order valence-corrected chi connectivity index (χ0v) is 8.77. The SMILES string of the molecule is C=CC(Cl)(Cl)c1ccccc1OC. The molecule has 0 fully saturated rings. The van der Waals surface area contributed by atoms with Gasteiger partial charge >= 0.3 is 0 Å². The van der Waals surface area contributed by atoms with E-state index in [1.165, 1.54) is 6.08 Å². The van der Waals surface area contributed by atoms with Crippen molar-refractivity contribution in [1.29, 1.82) is 0 Å². The van der Waals surface area contributed by atoms with Crippen LogP contribution in [0, 0.1) is 0 Å². The molecule has 0 amide bonds. The Morgan fingerprint density at radius 1 is 1.38 bits per heavy atom. The van der Waals surface area contributed by atoms with Crippen LogP contribution in [0.3, 0.4) is 0 Å². The number of allylic oxidation sites excluding steroid dienone is 1. The van der Waals surface area contributed by atoms with Gasteiger partial charge in [-0.25, -0.2) is 0 Å². The summed E-state index contributed by atoms with van der Waals surface area (Å²) in [4.78, 5) is 0. The highest BCUT2D eigenvalue weighted by Gasteiger charge is 2.25. The maximum Gasteiger partial charge on any atom is 0.164 e. The molecule has 0 aliphatic rings. The average molecular weight is 217 g/mol. The van der Waals surface area contributed by atoms with Gasteiger partial charge in [0.15, 0.2) is 4.33 Å². The molecule has 0 unspecified atom stereocenters. The minimum Gasteiger partial charge on any atom is -0.496 e. The minimum absolute atomic E-state index is 0.660. The number of benzene rings is 1. The van der Waals surface area contributed by atoms with Crippen molar-refractivity contribution in [2.45, 2.75) is 4.33 Å². The molecule has 70 valence electrons. The molecule has 0 aliphatic carbocycles. The highest BCUT2D eigenvalue weighted by molar-refractivity contribution is 6.49. The van der Waals surface area contributed by atoms with Gasteiger partial charge in [0.2, 0.25) is 0 Å². The number of hydrogen-bond donors (Lipinski definition) is 0. The van der Waals surface area contributed by atoms with Crippen LogP contribution in [0.5, 0.6) is 5.75 Å². The second-order valence-corrected chi connectivity index (χ2v) is 3.91. The van der Waals surface area contributed by atoms with Gasteiger partial charge in [0.25, 0.3) is 0 Å². The van der Waals surface area contributed by atoms with Crippen LogP contribution in [-0.4, -0.2) is 7.11 Å². The van der Waals surface area contributed by atoms with Crippen molar-refractivity contribution in [3.05, 3.63) is 42.5 Å². The lowest BCUT2D eigenvalue weighted by Crippen LogP contribution is -2.07. The summed E-state index contributed by atoms with van der Waals surface area (Å²) in [5.41, 5.74) is 0.704. The Bertz CT molecular complexity index is 308. The Morgan fingerprint density at radius 2 is 2.00 bits per heavy atom. The van der Waals surface area contributed by atoms with Crippen molar-refractivity contribution in [2.24, 2.45) is 0 Å². The van der Waals surface area contributed by atoms with Gasteiger partial charge in [-0.3, -0.25) is 0 Å². The van der Waals surface area contributed by atoms with E-state index in [9.17, 15) is 0 Å². The lowest BCUT2D eigenvalue weighted by atomic mass is 10.1. The molecular weight excluding hydrogens is 207 g/mol. The molecule has 0 aromatic heterocycles. The largest absolute Gasteiger partial charge is 0.496 e. The van der Waals surface area contributed by atoms with Crippen LogP contribution in [0.25, 0.3) is 0 Å². The summed E-state index contributed by atoms with van der Waals surface area (Å²) in [5, 5.41) is 0. The number of halogens is 2. The fraction of sp³-hybridized carbons (Fsp3) is 0.200. The lowest BCUT2D eigenvalue weighted by molar-refractivity contribution is 0.409. The van der Waals surface area contributed by atoms with Gasteiger partial charge in [0.05, 0.1) is 7.11 Å². The third-order valence-electron chi connectivity index (χ3n) is 1.72. The highest BCUT2D eigenvalue weighted by atomic mass is 35.5. The topological polar surface area (TPSA) is 9.23 Å². The smallest absolute Gasteiger partial charge is 0.164 e. The van der Waals surface area contributed by atoms with E-state index in [0.29, 0.717) is 11.3 Å². The predicted octanol–water partition coefficient (Wildman–Crippen LogP) is 3.51. The van der Waals surface area contributed by atoms with E-state index in [-0.39, 0.29) is 0 Å². The molecule has 0 saturated heterocycles. The monoisotopic (exact) mass is 216 g/mol. The molecule has 13 heavy (non-hydrogen) atoms.